The van der Waals surface area contributed by atoms with E-state index in [4.69, 9.17) is 16.3 Å². The average Bonchev–Trinajstić information content (AvgIpc) is 2.92. The number of ether oxygens (including phenoxy) is 1. The lowest BCUT2D eigenvalue weighted by Gasteiger charge is -2.34. The molecule has 0 aliphatic rings. The first-order chi connectivity index (χ1) is 19.2. The van der Waals surface area contributed by atoms with Crippen molar-refractivity contribution in [3.63, 3.8) is 0 Å². The van der Waals surface area contributed by atoms with Gasteiger partial charge in [-0.1, -0.05) is 48.4 Å². The number of sulfonamides is 1. The summed E-state index contributed by atoms with van der Waals surface area (Å²) in [7, 11) is -2.70. The third kappa shape index (κ3) is 8.47. The van der Waals surface area contributed by atoms with Gasteiger partial charge in [-0.05, 0) is 88.2 Å². The average molecular weight is 600 g/mol. The maximum Gasteiger partial charge on any atom is 0.264 e. The van der Waals surface area contributed by atoms with Crippen molar-refractivity contribution >= 4 is 39.1 Å². The second-order valence-corrected chi connectivity index (χ2v) is 13.1. The lowest BCUT2D eigenvalue weighted by Crippen LogP contribution is -2.55. The minimum atomic E-state index is -4.19. The molecule has 0 spiro atoms. The van der Waals surface area contributed by atoms with Crippen molar-refractivity contribution in [2.75, 3.05) is 18.0 Å². The number of nitrogens with zero attached hydrogens (tertiary/aromatic N) is 2. The zero-order chi connectivity index (χ0) is 30.4. The molecule has 0 bridgehead atoms. The molecule has 0 saturated carbocycles. The molecule has 3 aromatic rings. The molecule has 0 aromatic heterocycles. The molecule has 0 aliphatic heterocycles. The number of halogens is 1. The van der Waals surface area contributed by atoms with Crippen LogP contribution in [0.4, 0.5) is 5.69 Å². The predicted octanol–water partition coefficient (Wildman–Crippen LogP) is 5.57. The van der Waals surface area contributed by atoms with E-state index in [1.807, 2.05) is 58.9 Å². The summed E-state index contributed by atoms with van der Waals surface area (Å²) >= 11 is 6.09. The molecule has 10 heteroatoms. The number of rotatable bonds is 11. The normalized spacial score (nSPS) is 12.4. The number of methoxy groups -OCH3 is 1. The van der Waals surface area contributed by atoms with Gasteiger partial charge in [-0.25, -0.2) is 8.42 Å². The van der Waals surface area contributed by atoms with E-state index in [0.29, 0.717) is 17.2 Å². The third-order valence-corrected chi connectivity index (χ3v) is 8.44. The van der Waals surface area contributed by atoms with Crippen LogP contribution in [0.5, 0.6) is 5.75 Å². The van der Waals surface area contributed by atoms with Crippen LogP contribution >= 0.6 is 11.6 Å². The summed E-state index contributed by atoms with van der Waals surface area (Å²) in [5.41, 5.74) is 1.63. The molecule has 1 N–H and O–H groups in total. The quantitative estimate of drug-likeness (QED) is 0.311. The Morgan fingerprint density at radius 3 is 2.05 bits per heavy atom. The van der Waals surface area contributed by atoms with Crippen LogP contribution in [0.3, 0.4) is 0 Å². The van der Waals surface area contributed by atoms with Crippen molar-refractivity contribution in [2.24, 2.45) is 0 Å². The largest absolute Gasteiger partial charge is 0.497 e. The molecule has 1 atom stereocenters. The summed E-state index contributed by atoms with van der Waals surface area (Å²) in [6, 6.07) is 19.0. The van der Waals surface area contributed by atoms with Gasteiger partial charge in [0.25, 0.3) is 10.0 Å². The fourth-order valence-corrected chi connectivity index (χ4v) is 5.81. The van der Waals surface area contributed by atoms with Crippen molar-refractivity contribution in [3.8, 4) is 5.75 Å². The maximum absolute atomic E-state index is 14.1. The highest BCUT2D eigenvalue weighted by molar-refractivity contribution is 7.92. The molecular formula is C31H38ClN3O5S. The van der Waals surface area contributed by atoms with E-state index in [0.717, 1.165) is 15.4 Å². The van der Waals surface area contributed by atoms with Crippen LogP contribution in [-0.4, -0.2) is 50.4 Å². The number of anilines is 1. The van der Waals surface area contributed by atoms with Gasteiger partial charge in [0, 0.05) is 17.1 Å². The zero-order valence-electron chi connectivity index (χ0n) is 24.3. The number of aryl methyl sites for hydroxylation is 1. The van der Waals surface area contributed by atoms with E-state index in [2.05, 4.69) is 5.32 Å². The van der Waals surface area contributed by atoms with Gasteiger partial charge in [-0.2, -0.15) is 0 Å². The number of hydrogen-bond donors (Lipinski definition) is 1. The highest BCUT2D eigenvalue weighted by atomic mass is 35.5. The Kier molecular flexibility index (Phi) is 10.4. The molecule has 0 heterocycles. The van der Waals surface area contributed by atoms with Gasteiger partial charge in [-0.3, -0.25) is 13.9 Å². The molecule has 0 radical (unpaired) electrons. The molecule has 3 rings (SSSR count). The Morgan fingerprint density at radius 1 is 0.951 bits per heavy atom. The molecule has 0 saturated heterocycles. The van der Waals surface area contributed by atoms with Crippen LogP contribution < -0.4 is 14.4 Å². The van der Waals surface area contributed by atoms with Gasteiger partial charge >= 0.3 is 0 Å². The number of nitrogens with one attached hydrogen (secondary N) is 1. The molecule has 2 amide bonds. The molecule has 0 fully saturated rings. The molecule has 220 valence electrons. The minimum Gasteiger partial charge on any atom is -0.497 e. The number of carbonyl (C=O) groups is 2. The van der Waals surface area contributed by atoms with E-state index in [9.17, 15) is 18.0 Å². The van der Waals surface area contributed by atoms with Crippen LogP contribution in [0.1, 0.15) is 45.2 Å². The Labute approximate surface area is 248 Å². The minimum absolute atomic E-state index is 0.0105. The number of benzene rings is 3. The zero-order valence-corrected chi connectivity index (χ0v) is 25.9. The summed E-state index contributed by atoms with van der Waals surface area (Å²) < 4.78 is 34.1. The van der Waals surface area contributed by atoms with Gasteiger partial charge in [0.05, 0.1) is 17.7 Å². The fraction of sp³-hybridized carbons (Fsp3) is 0.355. The smallest absolute Gasteiger partial charge is 0.264 e. The van der Waals surface area contributed by atoms with E-state index in [1.165, 1.54) is 24.1 Å². The van der Waals surface area contributed by atoms with Crippen LogP contribution in [0.2, 0.25) is 5.02 Å². The van der Waals surface area contributed by atoms with Gasteiger partial charge in [0.1, 0.15) is 18.3 Å². The molecule has 0 unspecified atom stereocenters. The first-order valence-corrected chi connectivity index (χ1v) is 15.2. The Balaban J connectivity index is 2.06. The summed E-state index contributed by atoms with van der Waals surface area (Å²) in [5.74, 6) is -0.331. The molecule has 0 aliphatic carbocycles. The van der Waals surface area contributed by atoms with Crippen molar-refractivity contribution in [3.05, 3.63) is 88.9 Å². The van der Waals surface area contributed by atoms with Gasteiger partial charge in [-0.15, -0.1) is 0 Å². The molecular weight excluding hydrogens is 562 g/mol. The van der Waals surface area contributed by atoms with Crippen LogP contribution in [-0.2, 0) is 26.2 Å². The van der Waals surface area contributed by atoms with E-state index in [-0.39, 0.29) is 23.0 Å². The van der Waals surface area contributed by atoms with Gasteiger partial charge in [0.2, 0.25) is 11.8 Å². The van der Waals surface area contributed by atoms with E-state index >= 15 is 0 Å². The molecule has 41 heavy (non-hydrogen) atoms. The predicted molar refractivity (Wildman–Crippen MR) is 163 cm³/mol. The second kappa shape index (κ2) is 13.4. The van der Waals surface area contributed by atoms with Crippen LogP contribution in [0.25, 0.3) is 0 Å². The SMILES string of the molecule is CC[C@@H](C(=O)NC(C)(C)C)N(Cc1ccc(C)cc1)C(=O)CN(c1ccc(Cl)cc1)S(=O)(=O)c1ccc(OC)cc1. The van der Waals surface area contributed by atoms with Crippen LogP contribution in [0.15, 0.2) is 77.7 Å². The summed E-state index contributed by atoms with van der Waals surface area (Å²) in [4.78, 5) is 28.9. The van der Waals surface area contributed by atoms with E-state index in [1.54, 1.807) is 36.4 Å². The van der Waals surface area contributed by atoms with Crippen molar-refractivity contribution in [2.45, 2.75) is 64.1 Å². The summed E-state index contributed by atoms with van der Waals surface area (Å²) in [6.45, 7) is 9.00. The summed E-state index contributed by atoms with van der Waals surface area (Å²) in [5, 5.41) is 3.39. The van der Waals surface area contributed by atoms with Crippen LogP contribution in [0, 0.1) is 6.92 Å². The summed E-state index contributed by atoms with van der Waals surface area (Å²) in [6.07, 6.45) is 0.339. The van der Waals surface area contributed by atoms with Gasteiger partial charge < -0.3 is 15.0 Å². The van der Waals surface area contributed by atoms with E-state index < -0.39 is 34.1 Å². The standard InChI is InChI=1S/C31H38ClN3O5S/c1-7-28(30(37)33-31(3,4)5)34(20-23-10-8-22(2)9-11-23)29(36)21-35(25-14-12-24(32)13-15-25)41(38,39)27-18-16-26(40-6)17-19-27/h8-19,28H,7,20-21H2,1-6H3,(H,33,37)/t28-/m0/s1. The number of hydrogen-bond acceptors (Lipinski definition) is 5. The highest BCUT2D eigenvalue weighted by Crippen LogP contribution is 2.27. The first kappa shape index (κ1) is 32.0. The first-order valence-electron chi connectivity index (χ1n) is 13.3. The maximum atomic E-state index is 14.1. The molecule has 3 aromatic carbocycles. The second-order valence-electron chi connectivity index (χ2n) is 10.8. The van der Waals surface area contributed by atoms with Gasteiger partial charge in [0.15, 0.2) is 0 Å². The third-order valence-electron chi connectivity index (χ3n) is 6.40. The Bertz CT molecular complexity index is 1440. The van der Waals surface area contributed by atoms with Crippen molar-refractivity contribution in [1.29, 1.82) is 0 Å². The van der Waals surface area contributed by atoms with Crippen molar-refractivity contribution in [1.82, 2.24) is 10.2 Å². The molecule has 8 nitrogen and oxygen atoms in total. The lowest BCUT2D eigenvalue weighted by molar-refractivity contribution is -0.141. The lowest BCUT2D eigenvalue weighted by atomic mass is 10.1. The fourth-order valence-electron chi connectivity index (χ4n) is 4.27. The Morgan fingerprint density at radius 2 is 1.54 bits per heavy atom. The monoisotopic (exact) mass is 599 g/mol. The Hall–Kier alpha value is -3.56. The topological polar surface area (TPSA) is 96.0 Å². The van der Waals surface area contributed by atoms with Crippen molar-refractivity contribution < 1.29 is 22.7 Å². The number of carbonyl (C=O) groups excluding carboxylic acids is 2. The highest BCUT2D eigenvalue weighted by Gasteiger charge is 2.34. The number of amides is 2.